The fraction of sp³-hybridized carbons (Fsp3) is 0.462. The van der Waals surface area contributed by atoms with E-state index in [0.717, 1.165) is 16.1 Å². The number of aliphatic carboxylic acids is 1. The number of benzene rings is 1. The molecular weight excluding hydrogens is 234 g/mol. The molecule has 2 rings (SSSR count). The summed E-state index contributed by atoms with van der Waals surface area (Å²) >= 11 is 1.47. The lowest BCUT2D eigenvalue weighted by Gasteiger charge is -2.38. The van der Waals surface area contributed by atoms with Gasteiger partial charge in [-0.1, -0.05) is 6.07 Å². The average molecular weight is 251 g/mol. The van der Waals surface area contributed by atoms with E-state index in [1.165, 1.54) is 17.3 Å². The van der Waals surface area contributed by atoms with E-state index >= 15 is 0 Å². The average Bonchev–Trinajstić information content (AvgIpc) is 2.23. The monoisotopic (exact) mass is 251 g/mol. The van der Waals surface area contributed by atoms with Gasteiger partial charge in [0.2, 0.25) is 0 Å². The molecule has 0 saturated heterocycles. The van der Waals surface area contributed by atoms with Gasteiger partial charge in [0.05, 0.1) is 5.69 Å². The SMILES string of the molecule is Cc1cc(C)c2c(c1)N(C)C(C)C(C(=O)O)S2. The number of nitrogens with zero attached hydrogens (tertiary/aromatic N) is 1. The van der Waals surface area contributed by atoms with Crippen molar-refractivity contribution in [3.8, 4) is 0 Å². The predicted octanol–water partition coefficient (Wildman–Crippen LogP) is 2.69. The zero-order valence-electron chi connectivity index (χ0n) is 10.5. The summed E-state index contributed by atoms with van der Waals surface area (Å²) in [5, 5.41) is 8.86. The quantitative estimate of drug-likeness (QED) is 0.833. The molecule has 17 heavy (non-hydrogen) atoms. The topological polar surface area (TPSA) is 40.5 Å². The molecule has 92 valence electrons. The van der Waals surface area contributed by atoms with Gasteiger partial charge in [-0.2, -0.15) is 0 Å². The van der Waals surface area contributed by atoms with Crippen molar-refractivity contribution < 1.29 is 9.90 Å². The molecule has 0 fully saturated rings. The lowest BCUT2D eigenvalue weighted by atomic mass is 10.1. The van der Waals surface area contributed by atoms with Crippen molar-refractivity contribution in [2.24, 2.45) is 0 Å². The summed E-state index contributed by atoms with van der Waals surface area (Å²) in [5.74, 6) is -0.736. The van der Waals surface area contributed by atoms with E-state index in [2.05, 4.69) is 24.0 Å². The number of aryl methyl sites for hydroxylation is 2. The Balaban J connectivity index is 2.52. The second-order valence-electron chi connectivity index (χ2n) is 4.66. The van der Waals surface area contributed by atoms with Gasteiger partial charge in [-0.25, -0.2) is 0 Å². The van der Waals surface area contributed by atoms with Crippen LogP contribution in [0.4, 0.5) is 5.69 Å². The van der Waals surface area contributed by atoms with Gasteiger partial charge in [-0.15, -0.1) is 11.8 Å². The highest BCUT2D eigenvalue weighted by Crippen LogP contribution is 2.43. The third kappa shape index (κ3) is 2.02. The second-order valence-corrected chi connectivity index (χ2v) is 5.81. The van der Waals surface area contributed by atoms with Gasteiger partial charge in [0.15, 0.2) is 0 Å². The van der Waals surface area contributed by atoms with Crippen LogP contribution in [0.1, 0.15) is 18.1 Å². The molecule has 3 nitrogen and oxygen atoms in total. The van der Waals surface area contributed by atoms with Gasteiger partial charge in [-0.05, 0) is 38.0 Å². The number of rotatable bonds is 1. The molecule has 1 aliphatic heterocycles. The Labute approximate surface area is 106 Å². The van der Waals surface area contributed by atoms with Crippen LogP contribution in [0.5, 0.6) is 0 Å². The maximum Gasteiger partial charge on any atom is 0.319 e. The Bertz CT molecular complexity index is 473. The highest BCUT2D eigenvalue weighted by atomic mass is 32.2. The van der Waals surface area contributed by atoms with E-state index in [4.69, 9.17) is 0 Å². The molecule has 1 aromatic rings. The van der Waals surface area contributed by atoms with Gasteiger partial charge >= 0.3 is 5.97 Å². The summed E-state index contributed by atoms with van der Waals surface area (Å²) in [6, 6.07) is 4.24. The number of carboxylic acids is 1. The van der Waals surface area contributed by atoms with Crippen LogP contribution in [0.25, 0.3) is 0 Å². The first-order valence-corrected chi connectivity index (χ1v) is 6.53. The van der Waals surface area contributed by atoms with Crippen LogP contribution < -0.4 is 4.90 Å². The van der Waals surface area contributed by atoms with Crippen LogP contribution in [-0.4, -0.2) is 29.4 Å². The second kappa shape index (κ2) is 4.26. The predicted molar refractivity (Wildman–Crippen MR) is 71.1 cm³/mol. The molecule has 0 aromatic heterocycles. The standard InChI is InChI=1S/C13H17NO2S/c1-7-5-8(2)11-10(6-7)14(4)9(3)12(17-11)13(15)16/h5-6,9,12H,1-4H3,(H,15,16). The largest absolute Gasteiger partial charge is 0.480 e. The lowest BCUT2D eigenvalue weighted by Crippen LogP contribution is -2.44. The number of fused-ring (bicyclic) bond motifs is 1. The minimum atomic E-state index is -0.736. The van der Waals surface area contributed by atoms with E-state index in [0.29, 0.717) is 0 Å². The Kier molecular flexibility index (Phi) is 3.08. The van der Waals surface area contributed by atoms with E-state index in [1.807, 2.05) is 20.9 Å². The Hall–Kier alpha value is -1.16. The lowest BCUT2D eigenvalue weighted by molar-refractivity contribution is -0.136. The first-order valence-electron chi connectivity index (χ1n) is 5.65. The van der Waals surface area contributed by atoms with Crippen LogP contribution in [0.2, 0.25) is 0 Å². The van der Waals surface area contributed by atoms with Crippen molar-refractivity contribution in [3.63, 3.8) is 0 Å². The van der Waals surface area contributed by atoms with Gasteiger partial charge in [0.25, 0.3) is 0 Å². The molecule has 4 heteroatoms. The fourth-order valence-electron chi connectivity index (χ4n) is 2.25. The highest BCUT2D eigenvalue weighted by molar-refractivity contribution is 8.01. The van der Waals surface area contributed by atoms with Crippen molar-refractivity contribution in [1.29, 1.82) is 0 Å². The van der Waals surface area contributed by atoms with Crippen molar-refractivity contribution in [3.05, 3.63) is 23.3 Å². The summed E-state index contributed by atoms with van der Waals surface area (Å²) in [6.45, 7) is 6.08. The minimum Gasteiger partial charge on any atom is -0.480 e. The molecule has 2 unspecified atom stereocenters. The first kappa shape index (κ1) is 12.3. The van der Waals surface area contributed by atoms with Gasteiger partial charge < -0.3 is 10.0 Å². The smallest absolute Gasteiger partial charge is 0.319 e. The number of thioether (sulfide) groups is 1. The van der Waals surface area contributed by atoms with Crippen molar-refractivity contribution >= 4 is 23.4 Å². The zero-order valence-corrected chi connectivity index (χ0v) is 11.3. The first-order chi connectivity index (χ1) is 7.91. The van der Waals surface area contributed by atoms with Gasteiger partial charge in [-0.3, -0.25) is 4.79 Å². The Morgan fingerprint density at radius 3 is 2.65 bits per heavy atom. The molecule has 2 atom stereocenters. The molecule has 0 saturated carbocycles. The summed E-state index contributed by atoms with van der Waals surface area (Å²) in [5.41, 5.74) is 3.53. The summed E-state index contributed by atoms with van der Waals surface area (Å²) in [7, 11) is 1.97. The number of carboxylic acid groups (broad SMARTS) is 1. The summed E-state index contributed by atoms with van der Waals surface area (Å²) < 4.78 is 0. The molecule has 0 spiro atoms. The fourth-order valence-corrected chi connectivity index (χ4v) is 3.55. The van der Waals surface area contributed by atoms with Crippen molar-refractivity contribution in [2.75, 3.05) is 11.9 Å². The summed E-state index contributed by atoms with van der Waals surface area (Å²) in [6.07, 6.45) is 0. The maximum absolute atomic E-state index is 11.3. The molecule has 0 radical (unpaired) electrons. The number of carbonyl (C=O) groups is 1. The number of hydrogen-bond donors (Lipinski definition) is 1. The highest BCUT2D eigenvalue weighted by Gasteiger charge is 2.35. The van der Waals surface area contributed by atoms with Gasteiger partial charge in [0.1, 0.15) is 5.25 Å². The van der Waals surface area contributed by atoms with E-state index in [1.54, 1.807) is 0 Å². The Morgan fingerprint density at radius 2 is 2.06 bits per heavy atom. The molecule has 1 aliphatic rings. The van der Waals surface area contributed by atoms with Gasteiger partial charge in [0, 0.05) is 18.0 Å². The number of hydrogen-bond acceptors (Lipinski definition) is 3. The van der Waals surface area contributed by atoms with Crippen LogP contribution in [0, 0.1) is 13.8 Å². The van der Waals surface area contributed by atoms with Crippen LogP contribution in [-0.2, 0) is 4.79 Å². The Morgan fingerprint density at radius 1 is 1.41 bits per heavy atom. The molecule has 0 amide bonds. The molecule has 1 aromatic carbocycles. The molecule has 0 aliphatic carbocycles. The summed E-state index contributed by atoms with van der Waals surface area (Å²) in [4.78, 5) is 14.4. The normalized spacial score (nSPS) is 23.4. The van der Waals surface area contributed by atoms with Crippen molar-refractivity contribution in [2.45, 2.75) is 37.0 Å². The van der Waals surface area contributed by atoms with Crippen LogP contribution in [0.3, 0.4) is 0 Å². The minimum absolute atomic E-state index is 0.00574. The molecular formula is C13H17NO2S. The van der Waals surface area contributed by atoms with E-state index in [9.17, 15) is 9.90 Å². The third-order valence-corrected chi connectivity index (χ3v) is 4.93. The zero-order chi connectivity index (χ0) is 12.7. The van der Waals surface area contributed by atoms with Crippen molar-refractivity contribution in [1.82, 2.24) is 0 Å². The van der Waals surface area contributed by atoms with Crippen LogP contribution >= 0.6 is 11.8 Å². The molecule has 0 bridgehead atoms. The van der Waals surface area contributed by atoms with E-state index < -0.39 is 11.2 Å². The molecule has 1 N–H and O–H groups in total. The van der Waals surface area contributed by atoms with Crippen LogP contribution in [0.15, 0.2) is 17.0 Å². The third-order valence-electron chi connectivity index (χ3n) is 3.32. The van der Waals surface area contributed by atoms with E-state index in [-0.39, 0.29) is 6.04 Å². The number of anilines is 1. The molecule has 1 heterocycles. The maximum atomic E-state index is 11.3.